The lowest BCUT2D eigenvalue weighted by atomic mass is 9.99. The average Bonchev–Trinajstić information content (AvgIpc) is 2.53. The molecule has 3 nitrogen and oxygen atoms in total. The zero-order valence-corrected chi connectivity index (χ0v) is 9.21. The van der Waals surface area contributed by atoms with Crippen LogP contribution in [0, 0.1) is 12.8 Å². The molecule has 0 bridgehead atoms. The number of aryl methyl sites for hydroxylation is 1. The van der Waals surface area contributed by atoms with Gasteiger partial charge in [0.15, 0.2) is 0 Å². The summed E-state index contributed by atoms with van der Waals surface area (Å²) in [5.74, 6) is 7.19. The molecule has 0 fully saturated rings. The molecule has 3 N–H and O–H groups in total. The summed E-state index contributed by atoms with van der Waals surface area (Å²) in [6.45, 7) is 6.40. The third kappa shape index (κ3) is 2.86. The lowest BCUT2D eigenvalue weighted by Gasteiger charge is -2.16. The fourth-order valence-electron chi connectivity index (χ4n) is 1.58. The molecule has 1 unspecified atom stereocenters. The Morgan fingerprint density at radius 2 is 2.14 bits per heavy atom. The highest BCUT2D eigenvalue weighted by atomic mass is 16.3. The van der Waals surface area contributed by atoms with Crippen LogP contribution in [0.3, 0.4) is 0 Å². The summed E-state index contributed by atoms with van der Waals surface area (Å²) < 4.78 is 5.26. The predicted molar refractivity (Wildman–Crippen MR) is 57.6 cm³/mol. The third-order valence-electron chi connectivity index (χ3n) is 2.51. The van der Waals surface area contributed by atoms with E-state index in [1.807, 2.05) is 13.0 Å². The highest BCUT2D eigenvalue weighted by Gasteiger charge is 2.14. The minimum atomic E-state index is 0.219. The van der Waals surface area contributed by atoms with E-state index in [9.17, 15) is 0 Å². The molecule has 0 aliphatic heterocycles. The standard InChI is InChI=1S/C11H20N2O/c1-8(2)4-5-11(13-12)10-6-7-14-9(10)3/h6-8,11,13H,4-5,12H2,1-3H3. The van der Waals surface area contributed by atoms with E-state index in [4.69, 9.17) is 10.3 Å². The van der Waals surface area contributed by atoms with Crippen LogP contribution < -0.4 is 11.3 Å². The molecule has 0 saturated heterocycles. The van der Waals surface area contributed by atoms with Crippen LogP contribution in [0.1, 0.15) is 44.1 Å². The van der Waals surface area contributed by atoms with Crippen molar-refractivity contribution in [2.45, 2.75) is 39.7 Å². The number of furan rings is 1. The van der Waals surface area contributed by atoms with E-state index < -0.39 is 0 Å². The minimum Gasteiger partial charge on any atom is -0.469 e. The van der Waals surface area contributed by atoms with E-state index in [0.717, 1.165) is 12.2 Å². The third-order valence-corrected chi connectivity index (χ3v) is 2.51. The summed E-state index contributed by atoms with van der Waals surface area (Å²) in [7, 11) is 0. The van der Waals surface area contributed by atoms with Crippen molar-refractivity contribution in [1.29, 1.82) is 0 Å². The highest BCUT2D eigenvalue weighted by Crippen LogP contribution is 2.23. The van der Waals surface area contributed by atoms with Gasteiger partial charge in [-0.05, 0) is 31.7 Å². The number of nitrogens with two attached hydrogens (primary N) is 1. The fourth-order valence-corrected chi connectivity index (χ4v) is 1.58. The molecule has 0 amide bonds. The van der Waals surface area contributed by atoms with Crippen molar-refractivity contribution in [1.82, 2.24) is 5.43 Å². The van der Waals surface area contributed by atoms with Gasteiger partial charge in [-0.3, -0.25) is 11.3 Å². The van der Waals surface area contributed by atoms with E-state index >= 15 is 0 Å². The predicted octanol–water partition coefficient (Wildman–Crippen LogP) is 2.53. The lowest BCUT2D eigenvalue weighted by molar-refractivity contribution is 0.438. The molecule has 0 aromatic carbocycles. The quantitative estimate of drug-likeness (QED) is 0.562. The summed E-state index contributed by atoms with van der Waals surface area (Å²) in [5.41, 5.74) is 4.01. The maximum atomic E-state index is 5.53. The van der Waals surface area contributed by atoms with Gasteiger partial charge in [0, 0.05) is 11.6 Å². The van der Waals surface area contributed by atoms with Gasteiger partial charge in [-0.15, -0.1) is 0 Å². The molecule has 14 heavy (non-hydrogen) atoms. The second-order valence-corrected chi connectivity index (χ2v) is 4.12. The second kappa shape index (κ2) is 5.17. The molecule has 1 heterocycles. The van der Waals surface area contributed by atoms with Gasteiger partial charge >= 0.3 is 0 Å². The Morgan fingerprint density at radius 3 is 2.57 bits per heavy atom. The number of hydrogen-bond acceptors (Lipinski definition) is 3. The smallest absolute Gasteiger partial charge is 0.105 e. The van der Waals surface area contributed by atoms with Crippen molar-refractivity contribution in [2.24, 2.45) is 11.8 Å². The topological polar surface area (TPSA) is 51.2 Å². The molecule has 0 radical (unpaired) electrons. The van der Waals surface area contributed by atoms with Crippen molar-refractivity contribution in [3.05, 3.63) is 23.7 Å². The Morgan fingerprint density at radius 1 is 1.43 bits per heavy atom. The lowest BCUT2D eigenvalue weighted by Crippen LogP contribution is -2.28. The van der Waals surface area contributed by atoms with E-state index in [1.165, 1.54) is 12.0 Å². The Bertz CT molecular complexity index is 268. The van der Waals surface area contributed by atoms with E-state index in [2.05, 4.69) is 19.3 Å². The van der Waals surface area contributed by atoms with Crippen LogP contribution in [-0.4, -0.2) is 0 Å². The second-order valence-electron chi connectivity index (χ2n) is 4.12. The maximum absolute atomic E-state index is 5.53. The molecule has 0 spiro atoms. The first-order chi connectivity index (χ1) is 6.65. The van der Waals surface area contributed by atoms with Crippen molar-refractivity contribution in [2.75, 3.05) is 0 Å². The zero-order valence-electron chi connectivity index (χ0n) is 9.21. The molecule has 0 aliphatic rings. The zero-order chi connectivity index (χ0) is 10.6. The minimum absolute atomic E-state index is 0.219. The summed E-state index contributed by atoms with van der Waals surface area (Å²) in [6.07, 6.45) is 3.93. The van der Waals surface area contributed by atoms with Gasteiger partial charge in [0.2, 0.25) is 0 Å². The first kappa shape index (κ1) is 11.3. The Kier molecular flexibility index (Phi) is 4.17. The molecular weight excluding hydrogens is 176 g/mol. The number of hydrogen-bond donors (Lipinski definition) is 2. The van der Waals surface area contributed by atoms with Crippen LogP contribution in [0.15, 0.2) is 16.7 Å². The SMILES string of the molecule is Cc1occc1C(CCC(C)C)NN. The summed E-state index contributed by atoms with van der Waals surface area (Å²) >= 11 is 0. The number of rotatable bonds is 5. The molecule has 1 aromatic rings. The molecule has 1 aromatic heterocycles. The van der Waals surface area contributed by atoms with Crippen molar-refractivity contribution in [3.8, 4) is 0 Å². The van der Waals surface area contributed by atoms with Crippen LogP contribution in [-0.2, 0) is 0 Å². The van der Waals surface area contributed by atoms with Crippen molar-refractivity contribution < 1.29 is 4.42 Å². The first-order valence-corrected chi connectivity index (χ1v) is 5.15. The van der Waals surface area contributed by atoms with Gasteiger partial charge in [0.1, 0.15) is 5.76 Å². The Labute approximate surface area is 85.6 Å². The monoisotopic (exact) mass is 196 g/mol. The number of nitrogens with one attached hydrogen (secondary N) is 1. The van der Waals surface area contributed by atoms with Crippen LogP contribution in [0.2, 0.25) is 0 Å². The summed E-state index contributed by atoms with van der Waals surface area (Å²) in [6, 6.07) is 2.20. The number of hydrazine groups is 1. The van der Waals surface area contributed by atoms with Crippen LogP contribution >= 0.6 is 0 Å². The van der Waals surface area contributed by atoms with Crippen molar-refractivity contribution in [3.63, 3.8) is 0 Å². The Hall–Kier alpha value is -0.800. The van der Waals surface area contributed by atoms with Gasteiger partial charge < -0.3 is 4.42 Å². The highest BCUT2D eigenvalue weighted by molar-refractivity contribution is 5.19. The van der Waals surface area contributed by atoms with Crippen LogP contribution in [0.25, 0.3) is 0 Å². The molecule has 80 valence electrons. The first-order valence-electron chi connectivity index (χ1n) is 5.15. The summed E-state index contributed by atoms with van der Waals surface area (Å²) in [5, 5.41) is 0. The fraction of sp³-hybridized carbons (Fsp3) is 0.636. The maximum Gasteiger partial charge on any atom is 0.105 e. The van der Waals surface area contributed by atoms with Gasteiger partial charge in [-0.1, -0.05) is 13.8 Å². The molecule has 3 heteroatoms. The van der Waals surface area contributed by atoms with Crippen LogP contribution in [0.4, 0.5) is 0 Å². The molecular formula is C11H20N2O. The van der Waals surface area contributed by atoms with Gasteiger partial charge in [0.05, 0.1) is 6.26 Å². The van der Waals surface area contributed by atoms with E-state index in [1.54, 1.807) is 6.26 Å². The molecule has 0 saturated carbocycles. The Balaban J connectivity index is 2.58. The largest absolute Gasteiger partial charge is 0.469 e. The van der Waals surface area contributed by atoms with Gasteiger partial charge in [-0.25, -0.2) is 0 Å². The van der Waals surface area contributed by atoms with E-state index in [-0.39, 0.29) is 6.04 Å². The van der Waals surface area contributed by atoms with E-state index in [0.29, 0.717) is 5.92 Å². The van der Waals surface area contributed by atoms with Crippen LogP contribution in [0.5, 0.6) is 0 Å². The molecule has 1 rings (SSSR count). The average molecular weight is 196 g/mol. The van der Waals surface area contributed by atoms with Gasteiger partial charge in [0.25, 0.3) is 0 Å². The summed E-state index contributed by atoms with van der Waals surface area (Å²) in [4.78, 5) is 0. The van der Waals surface area contributed by atoms with Crippen molar-refractivity contribution >= 4 is 0 Å². The van der Waals surface area contributed by atoms with Gasteiger partial charge in [-0.2, -0.15) is 0 Å². The molecule has 1 atom stereocenters. The normalized spacial score (nSPS) is 13.5. The molecule has 0 aliphatic carbocycles.